The third-order valence-electron chi connectivity index (χ3n) is 3.29. The Hall–Kier alpha value is -0.343. The molecule has 2 heteroatoms. The molecule has 80 valence electrons. The summed E-state index contributed by atoms with van der Waals surface area (Å²) in [6.07, 6.45) is 8.39. The molecule has 0 aromatic carbocycles. The first-order valence-electron chi connectivity index (χ1n) is 5.70. The van der Waals surface area contributed by atoms with E-state index in [2.05, 4.69) is 36.4 Å². The maximum Gasteiger partial charge on any atom is 0.132 e. The number of piperidine rings is 1. The highest BCUT2D eigenvalue weighted by atomic mass is 28.3. The number of rotatable bonds is 5. The van der Waals surface area contributed by atoms with Gasteiger partial charge in [-0.3, -0.25) is 0 Å². The van der Waals surface area contributed by atoms with Crippen molar-refractivity contribution in [2.75, 3.05) is 13.1 Å². The van der Waals surface area contributed by atoms with Gasteiger partial charge >= 0.3 is 0 Å². The van der Waals surface area contributed by atoms with Crippen LogP contribution in [0.3, 0.4) is 0 Å². The molecule has 0 N–H and O–H groups in total. The molecule has 1 heterocycles. The minimum atomic E-state index is -1.25. The normalized spacial score (nSPS) is 19.2. The van der Waals surface area contributed by atoms with Gasteiger partial charge in [0.15, 0.2) is 0 Å². The second-order valence-corrected chi connectivity index (χ2v) is 8.97. The van der Waals surface area contributed by atoms with E-state index in [0.29, 0.717) is 0 Å². The van der Waals surface area contributed by atoms with Crippen molar-refractivity contribution in [3.63, 3.8) is 0 Å². The molecule has 0 bridgehead atoms. The molecule has 1 aliphatic heterocycles. The van der Waals surface area contributed by atoms with Gasteiger partial charge in [0, 0.05) is 0 Å². The molecule has 1 nitrogen and oxygen atoms in total. The highest BCUT2D eigenvalue weighted by Crippen LogP contribution is 2.25. The minimum absolute atomic E-state index is 1.21. The Morgan fingerprint density at radius 3 is 2.00 bits per heavy atom. The highest BCUT2D eigenvalue weighted by molar-refractivity contribution is 6.76. The van der Waals surface area contributed by atoms with Crippen molar-refractivity contribution in [1.82, 2.24) is 4.57 Å². The van der Waals surface area contributed by atoms with Crippen LogP contribution in [0.5, 0.6) is 0 Å². The Bertz CT molecular complexity index is 184. The Morgan fingerprint density at radius 2 is 1.57 bits per heavy atom. The van der Waals surface area contributed by atoms with Gasteiger partial charge in [0.05, 0.1) is 0 Å². The number of hydrogen-bond donors (Lipinski definition) is 0. The molecule has 0 aromatic rings. The van der Waals surface area contributed by atoms with Gasteiger partial charge < -0.3 is 4.57 Å². The van der Waals surface area contributed by atoms with Crippen LogP contribution in [-0.2, 0) is 0 Å². The van der Waals surface area contributed by atoms with E-state index in [1.807, 2.05) is 0 Å². The maximum absolute atomic E-state index is 3.90. The zero-order valence-corrected chi connectivity index (χ0v) is 10.5. The standard InChI is InChI=1S/C12H23NSi/c1-4-11-14(3,12-5-2)13-9-7-6-8-10-13/h4-5H,1-2,6-12H2,3H3. The van der Waals surface area contributed by atoms with Gasteiger partial charge in [-0.15, -0.1) is 13.2 Å². The largest absolute Gasteiger partial charge is 0.323 e. The first-order chi connectivity index (χ1) is 6.73. The molecule has 0 aliphatic carbocycles. The fraction of sp³-hybridized carbons (Fsp3) is 0.667. The lowest BCUT2D eigenvalue weighted by Gasteiger charge is -2.41. The van der Waals surface area contributed by atoms with Gasteiger partial charge in [0.25, 0.3) is 0 Å². The third-order valence-corrected chi connectivity index (χ3v) is 7.60. The van der Waals surface area contributed by atoms with Crippen molar-refractivity contribution in [3.8, 4) is 0 Å². The molecule has 1 rings (SSSR count). The molecule has 1 saturated heterocycles. The van der Waals surface area contributed by atoms with E-state index in [0.717, 1.165) is 0 Å². The first-order valence-corrected chi connectivity index (χ1v) is 8.56. The molecule has 1 fully saturated rings. The molecule has 1 aliphatic rings. The molecule has 0 spiro atoms. The first kappa shape index (κ1) is 11.7. The summed E-state index contributed by atoms with van der Waals surface area (Å²) in [5, 5.41) is 0. The van der Waals surface area contributed by atoms with Crippen LogP contribution < -0.4 is 0 Å². The van der Waals surface area contributed by atoms with Crippen molar-refractivity contribution in [3.05, 3.63) is 25.3 Å². The summed E-state index contributed by atoms with van der Waals surface area (Å²) < 4.78 is 2.75. The van der Waals surface area contributed by atoms with Crippen LogP contribution in [0.4, 0.5) is 0 Å². The van der Waals surface area contributed by atoms with Crippen molar-refractivity contribution in [1.29, 1.82) is 0 Å². The molecule has 0 amide bonds. The predicted octanol–water partition coefficient (Wildman–Crippen LogP) is 3.42. The SMILES string of the molecule is C=CC[Si](C)(CC=C)N1CCCCC1. The fourth-order valence-electron chi connectivity index (χ4n) is 2.40. The van der Waals surface area contributed by atoms with E-state index in [1.54, 1.807) is 0 Å². The number of hydrogen-bond acceptors (Lipinski definition) is 1. The fourth-order valence-corrected chi connectivity index (χ4v) is 5.72. The maximum atomic E-state index is 3.90. The van der Waals surface area contributed by atoms with E-state index in [1.165, 1.54) is 44.4 Å². The molecular weight excluding hydrogens is 186 g/mol. The van der Waals surface area contributed by atoms with Gasteiger partial charge in [-0.2, -0.15) is 0 Å². The topological polar surface area (TPSA) is 3.24 Å². The summed E-state index contributed by atoms with van der Waals surface area (Å²) in [6, 6.07) is 2.41. The van der Waals surface area contributed by atoms with Crippen LogP contribution in [0.1, 0.15) is 19.3 Å². The van der Waals surface area contributed by atoms with E-state index in [9.17, 15) is 0 Å². The quantitative estimate of drug-likeness (QED) is 0.495. The molecule has 0 atom stereocenters. The average molecular weight is 209 g/mol. The summed E-state index contributed by atoms with van der Waals surface area (Å²) in [5.74, 6) is 0. The van der Waals surface area contributed by atoms with Crippen molar-refractivity contribution < 1.29 is 0 Å². The Morgan fingerprint density at radius 1 is 1.07 bits per heavy atom. The van der Waals surface area contributed by atoms with E-state index < -0.39 is 8.24 Å². The second-order valence-electron chi connectivity index (χ2n) is 4.53. The Balaban J connectivity index is 2.62. The van der Waals surface area contributed by atoms with Crippen LogP contribution in [0.25, 0.3) is 0 Å². The Kier molecular flexibility index (Phi) is 4.62. The van der Waals surface area contributed by atoms with Crippen molar-refractivity contribution >= 4 is 8.24 Å². The monoisotopic (exact) mass is 209 g/mol. The lowest BCUT2D eigenvalue weighted by Crippen LogP contribution is -2.52. The summed E-state index contributed by atoms with van der Waals surface area (Å²) >= 11 is 0. The zero-order chi connectivity index (χ0) is 10.4. The van der Waals surface area contributed by atoms with Crippen LogP contribution >= 0.6 is 0 Å². The zero-order valence-electron chi connectivity index (χ0n) is 9.47. The van der Waals surface area contributed by atoms with Gasteiger partial charge in [0.1, 0.15) is 8.24 Å². The number of nitrogens with zero attached hydrogens (tertiary/aromatic N) is 1. The van der Waals surface area contributed by atoms with Crippen LogP contribution in [0.15, 0.2) is 25.3 Å². The molecular formula is C12H23NSi. The van der Waals surface area contributed by atoms with E-state index in [-0.39, 0.29) is 0 Å². The average Bonchev–Trinajstić information content (AvgIpc) is 2.20. The van der Waals surface area contributed by atoms with Crippen molar-refractivity contribution in [2.24, 2.45) is 0 Å². The van der Waals surface area contributed by atoms with Crippen molar-refractivity contribution in [2.45, 2.75) is 37.9 Å². The lowest BCUT2D eigenvalue weighted by atomic mass is 10.2. The molecule has 14 heavy (non-hydrogen) atoms. The third kappa shape index (κ3) is 2.82. The summed E-state index contributed by atoms with van der Waals surface area (Å²) in [7, 11) is -1.25. The van der Waals surface area contributed by atoms with Crippen LogP contribution in [0.2, 0.25) is 18.6 Å². The molecule has 0 unspecified atom stereocenters. The summed E-state index contributed by atoms with van der Waals surface area (Å²) in [4.78, 5) is 0. The van der Waals surface area contributed by atoms with Gasteiger partial charge in [-0.1, -0.05) is 25.1 Å². The summed E-state index contributed by atoms with van der Waals surface area (Å²) in [5.41, 5.74) is 0. The lowest BCUT2D eigenvalue weighted by molar-refractivity contribution is 0.342. The van der Waals surface area contributed by atoms with Gasteiger partial charge in [0.2, 0.25) is 0 Å². The van der Waals surface area contributed by atoms with Gasteiger partial charge in [-0.25, -0.2) is 0 Å². The van der Waals surface area contributed by atoms with E-state index >= 15 is 0 Å². The predicted molar refractivity (Wildman–Crippen MR) is 67.1 cm³/mol. The smallest absolute Gasteiger partial charge is 0.132 e. The Labute approximate surface area is 89.6 Å². The second kappa shape index (κ2) is 5.52. The minimum Gasteiger partial charge on any atom is -0.323 e. The summed E-state index contributed by atoms with van der Waals surface area (Å²) in [6.45, 7) is 12.9. The van der Waals surface area contributed by atoms with E-state index in [4.69, 9.17) is 0 Å². The van der Waals surface area contributed by atoms with Crippen LogP contribution in [-0.4, -0.2) is 25.9 Å². The molecule has 0 aromatic heterocycles. The van der Waals surface area contributed by atoms with Gasteiger partial charge in [-0.05, 0) is 38.0 Å². The number of allylic oxidation sites excluding steroid dienone is 2. The van der Waals surface area contributed by atoms with Crippen LogP contribution in [0, 0.1) is 0 Å². The molecule has 0 saturated carbocycles. The molecule has 0 radical (unpaired) electrons. The highest BCUT2D eigenvalue weighted by Gasteiger charge is 2.32.